The lowest BCUT2D eigenvalue weighted by atomic mass is 10.2. The van der Waals surface area contributed by atoms with E-state index < -0.39 is 0 Å². The Labute approximate surface area is 125 Å². The minimum absolute atomic E-state index is 0.723. The minimum atomic E-state index is 0.723. The van der Waals surface area contributed by atoms with Gasteiger partial charge in [-0.05, 0) is 47.1 Å². The van der Waals surface area contributed by atoms with E-state index >= 15 is 0 Å². The highest BCUT2D eigenvalue weighted by Gasteiger charge is 2.12. The second kappa shape index (κ2) is 5.63. The molecule has 20 heavy (non-hydrogen) atoms. The third-order valence-electron chi connectivity index (χ3n) is 3.17. The lowest BCUT2D eigenvalue weighted by Gasteiger charge is -2.22. The maximum atomic E-state index is 5.43. The van der Waals surface area contributed by atoms with Crippen LogP contribution in [-0.4, -0.2) is 16.5 Å². The lowest BCUT2D eigenvalue weighted by Crippen LogP contribution is -2.22. The molecule has 3 aromatic rings. The molecule has 0 aliphatic carbocycles. The zero-order valence-corrected chi connectivity index (χ0v) is 12.7. The van der Waals surface area contributed by atoms with Gasteiger partial charge >= 0.3 is 0 Å². The number of hydrogen-bond donors (Lipinski definition) is 0. The Morgan fingerprint density at radius 1 is 1.30 bits per heavy atom. The Bertz CT molecular complexity index is 712. The van der Waals surface area contributed by atoms with E-state index in [1.54, 1.807) is 12.5 Å². The smallest absolute Gasteiger partial charge is 0.123 e. The highest BCUT2D eigenvalue weighted by atomic mass is 79.9. The first kappa shape index (κ1) is 13.1. The van der Waals surface area contributed by atoms with E-state index in [0.29, 0.717) is 0 Å². The first-order chi connectivity index (χ1) is 9.78. The summed E-state index contributed by atoms with van der Waals surface area (Å²) in [6.45, 7) is 3.71. The van der Waals surface area contributed by atoms with Crippen molar-refractivity contribution in [2.24, 2.45) is 0 Å². The van der Waals surface area contributed by atoms with Crippen LogP contribution in [0.4, 0.5) is 5.69 Å². The van der Waals surface area contributed by atoms with Gasteiger partial charge in [-0.15, -0.1) is 0 Å². The van der Waals surface area contributed by atoms with Crippen molar-refractivity contribution in [1.29, 1.82) is 0 Å². The summed E-state index contributed by atoms with van der Waals surface area (Å²) in [5.74, 6) is 0.939. The van der Waals surface area contributed by atoms with Gasteiger partial charge in [0.1, 0.15) is 11.3 Å². The van der Waals surface area contributed by atoms with Crippen LogP contribution in [-0.2, 0) is 6.54 Å². The topological polar surface area (TPSA) is 42.2 Å². The summed E-state index contributed by atoms with van der Waals surface area (Å²) in [7, 11) is 0. The molecule has 102 valence electrons. The van der Waals surface area contributed by atoms with E-state index in [-0.39, 0.29) is 0 Å². The molecule has 0 saturated heterocycles. The van der Waals surface area contributed by atoms with Crippen molar-refractivity contribution in [1.82, 2.24) is 9.97 Å². The monoisotopic (exact) mass is 331 g/mol. The predicted molar refractivity (Wildman–Crippen MR) is 82.7 cm³/mol. The van der Waals surface area contributed by atoms with Gasteiger partial charge in [-0.3, -0.25) is 9.97 Å². The second-order valence-corrected chi connectivity index (χ2v) is 5.36. The molecule has 5 heteroatoms. The number of pyridine rings is 2. The van der Waals surface area contributed by atoms with Crippen LogP contribution in [0, 0.1) is 0 Å². The minimum Gasteiger partial charge on any atom is -0.467 e. The normalized spacial score (nSPS) is 10.9. The zero-order chi connectivity index (χ0) is 13.9. The van der Waals surface area contributed by atoms with E-state index in [1.165, 1.54) is 0 Å². The molecular formula is C15H14BrN3O. The molecule has 0 N–H and O–H groups in total. The highest BCUT2D eigenvalue weighted by molar-refractivity contribution is 9.10. The molecule has 0 unspecified atom stereocenters. The molecule has 0 atom stereocenters. The van der Waals surface area contributed by atoms with Crippen LogP contribution in [0.25, 0.3) is 11.0 Å². The standard InChI is InChI=1S/C15H14BrN3O/c1-2-19(10-12-4-3-7-20-12)14-5-6-17-13-8-11(16)9-18-15(13)14/h3-9H,2,10H2,1H3. The number of halogens is 1. The van der Waals surface area contributed by atoms with Crippen molar-refractivity contribution in [2.45, 2.75) is 13.5 Å². The van der Waals surface area contributed by atoms with Gasteiger partial charge in [0.25, 0.3) is 0 Å². The van der Waals surface area contributed by atoms with Crippen LogP contribution in [0.5, 0.6) is 0 Å². The molecule has 0 aromatic carbocycles. The first-order valence-corrected chi connectivity index (χ1v) is 7.25. The van der Waals surface area contributed by atoms with Gasteiger partial charge in [-0.25, -0.2) is 0 Å². The first-order valence-electron chi connectivity index (χ1n) is 6.45. The van der Waals surface area contributed by atoms with Crippen molar-refractivity contribution < 1.29 is 4.42 Å². The number of aromatic nitrogens is 2. The van der Waals surface area contributed by atoms with E-state index in [2.05, 4.69) is 37.7 Å². The van der Waals surface area contributed by atoms with Gasteiger partial charge < -0.3 is 9.32 Å². The molecule has 0 amide bonds. The summed E-state index contributed by atoms with van der Waals surface area (Å²) in [6.07, 6.45) is 5.31. The van der Waals surface area contributed by atoms with Crippen molar-refractivity contribution in [3.05, 3.63) is 53.2 Å². The Hall–Kier alpha value is -1.88. The average molecular weight is 332 g/mol. The maximum absolute atomic E-state index is 5.43. The fraction of sp³-hybridized carbons (Fsp3) is 0.200. The van der Waals surface area contributed by atoms with Gasteiger partial charge in [0.05, 0.1) is 24.0 Å². The second-order valence-electron chi connectivity index (χ2n) is 4.44. The van der Waals surface area contributed by atoms with Crippen molar-refractivity contribution >= 4 is 32.7 Å². The summed E-state index contributed by atoms with van der Waals surface area (Å²) in [5.41, 5.74) is 2.86. The lowest BCUT2D eigenvalue weighted by molar-refractivity contribution is 0.504. The number of rotatable bonds is 4. The third kappa shape index (κ3) is 2.54. The summed E-state index contributed by atoms with van der Waals surface area (Å²) in [5, 5.41) is 0. The quantitative estimate of drug-likeness (QED) is 0.724. The molecule has 4 nitrogen and oxygen atoms in total. The molecule has 0 bridgehead atoms. The van der Waals surface area contributed by atoms with Gasteiger partial charge in [0, 0.05) is 23.4 Å². The third-order valence-corrected chi connectivity index (χ3v) is 3.61. The molecule has 0 radical (unpaired) electrons. The molecule has 0 fully saturated rings. The van der Waals surface area contributed by atoms with Crippen molar-refractivity contribution in [2.75, 3.05) is 11.4 Å². The summed E-state index contributed by atoms with van der Waals surface area (Å²) in [4.78, 5) is 11.1. The van der Waals surface area contributed by atoms with Gasteiger partial charge in [-0.1, -0.05) is 0 Å². The molecule has 3 rings (SSSR count). The van der Waals surface area contributed by atoms with Gasteiger partial charge in [0.15, 0.2) is 0 Å². The maximum Gasteiger partial charge on any atom is 0.123 e. The van der Waals surface area contributed by atoms with Crippen molar-refractivity contribution in [3.63, 3.8) is 0 Å². The summed E-state index contributed by atoms with van der Waals surface area (Å²) >= 11 is 3.43. The van der Waals surface area contributed by atoms with Crippen molar-refractivity contribution in [3.8, 4) is 0 Å². The van der Waals surface area contributed by atoms with Crippen LogP contribution in [0.15, 0.2) is 51.8 Å². The predicted octanol–water partition coefficient (Wildman–Crippen LogP) is 4.01. The number of nitrogens with zero attached hydrogens (tertiary/aromatic N) is 3. The largest absolute Gasteiger partial charge is 0.467 e. The number of hydrogen-bond acceptors (Lipinski definition) is 4. The molecule has 3 aromatic heterocycles. The fourth-order valence-electron chi connectivity index (χ4n) is 2.20. The molecule has 0 spiro atoms. The summed E-state index contributed by atoms with van der Waals surface area (Å²) in [6, 6.07) is 7.86. The molecule has 0 aliphatic rings. The van der Waals surface area contributed by atoms with E-state index in [0.717, 1.165) is 40.0 Å². The molecule has 0 aliphatic heterocycles. The Kier molecular flexibility index (Phi) is 3.69. The van der Waals surface area contributed by atoms with E-state index in [4.69, 9.17) is 4.42 Å². The Balaban J connectivity index is 2.03. The zero-order valence-electron chi connectivity index (χ0n) is 11.1. The SMILES string of the molecule is CCN(Cc1ccco1)c1ccnc2cc(Br)cnc12. The Morgan fingerprint density at radius 3 is 2.95 bits per heavy atom. The van der Waals surface area contributed by atoms with Crippen LogP contribution < -0.4 is 4.90 Å². The molecule has 0 saturated carbocycles. The highest BCUT2D eigenvalue weighted by Crippen LogP contribution is 2.26. The van der Waals surface area contributed by atoms with Crippen LogP contribution in [0.1, 0.15) is 12.7 Å². The number of furan rings is 1. The summed E-state index contributed by atoms with van der Waals surface area (Å²) < 4.78 is 6.37. The molecule has 3 heterocycles. The van der Waals surface area contributed by atoms with Gasteiger partial charge in [-0.2, -0.15) is 0 Å². The number of fused-ring (bicyclic) bond motifs is 1. The van der Waals surface area contributed by atoms with Crippen LogP contribution in [0.3, 0.4) is 0 Å². The molecular weight excluding hydrogens is 318 g/mol. The fourth-order valence-corrected chi connectivity index (χ4v) is 2.52. The van der Waals surface area contributed by atoms with E-state index in [9.17, 15) is 0 Å². The van der Waals surface area contributed by atoms with Crippen LogP contribution >= 0.6 is 15.9 Å². The van der Waals surface area contributed by atoms with E-state index in [1.807, 2.05) is 30.5 Å². The number of anilines is 1. The Morgan fingerprint density at radius 2 is 2.20 bits per heavy atom. The van der Waals surface area contributed by atoms with Gasteiger partial charge in [0.2, 0.25) is 0 Å². The van der Waals surface area contributed by atoms with Crippen LogP contribution in [0.2, 0.25) is 0 Å². The average Bonchev–Trinajstić information content (AvgIpc) is 2.97.